The summed E-state index contributed by atoms with van der Waals surface area (Å²) < 4.78 is 60.5. The third kappa shape index (κ3) is 4.43. The first kappa shape index (κ1) is 24.2. The van der Waals surface area contributed by atoms with Crippen LogP contribution < -0.4 is 10.2 Å². The lowest BCUT2D eigenvalue weighted by molar-refractivity contribution is 0.000807. The summed E-state index contributed by atoms with van der Waals surface area (Å²) in [5, 5.41) is 2.76. The number of benzene rings is 2. The van der Waals surface area contributed by atoms with E-state index in [0.29, 0.717) is 18.8 Å². The topological polar surface area (TPSA) is 54.5 Å². The first-order valence-electron chi connectivity index (χ1n) is 11.7. The second kappa shape index (κ2) is 9.54. The largest absolute Gasteiger partial charge is 0.377 e. The molecule has 0 unspecified atom stereocenters. The summed E-state index contributed by atoms with van der Waals surface area (Å²) in [6.45, 7) is 1.90. The maximum absolute atomic E-state index is 15.4. The van der Waals surface area contributed by atoms with Crippen LogP contribution in [0, 0.1) is 6.92 Å². The van der Waals surface area contributed by atoms with Crippen LogP contribution in [0.1, 0.15) is 33.6 Å². The molecule has 0 saturated carbocycles. The van der Waals surface area contributed by atoms with Crippen molar-refractivity contribution in [2.24, 2.45) is 0 Å². The number of rotatable bonds is 5. The molecule has 1 aromatic heterocycles. The molecule has 3 aromatic rings. The van der Waals surface area contributed by atoms with Gasteiger partial charge in [-0.15, -0.1) is 0 Å². The Bertz CT molecular complexity index is 1300. The highest BCUT2D eigenvalue weighted by molar-refractivity contribution is 6.04. The number of anilines is 2. The molecule has 2 atom stereocenters. The van der Waals surface area contributed by atoms with Crippen LogP contribution in [-0.4, -0.2) is 49.0 Å². The molecule has 1 amide bonds. The van der Waals surface area contributed by atoms with Crippen LogP contribution in [0.3, 0.4) is 0 Å². The highest BCUT2D eigenvalue weighted by Crippen LogP contribution is 2.42. The highest BCUT2D eigenvalue weighted by Gasteiger charge is 2.48. The molecule has 1 saturated heterocycles. The van der Waals surface area contributed by atoms with E-state index in [0.717, 1.165) is 34.0 Å². The van der Waals surface area contributed by atoms with E-state index in [1.54, 1.807) is 6.07 Å². The molecule has 5 nitrogen and oxygen atoms in total. The summed E-state index contributed by atoms with van der Waals surface area (Å²) >= 11 is 0. The molecular formula is C27H25F4N3O2. The Morgan fingerprint density at radius 3 is 2.83 bits per heavy atom. The Kier molecular flexibility index (Phi) is 6.42. The molecule has 1 fully saturated rings. The Morgan fingerprint density at radius 2 is 2.06 bits per heavy atom. The third-order valence-corrected chi connectivity index (χ3v) is 6.90. The zero-order valence-corrected chi connectivity index (χ0v) is 19.6. The number of alkyl halides is 4. The Balaban J connectivity index is 1.45. The molecule has 2 aliphatic rings. The predicted molar refractivity (Wildman–Crippen MR) is 129 cm³/mol. The van der Waals surface area contributed by atoms with Crippen LogP contribution in [-0.2, 0) is 11.2 Å². The number of nitrogens with zero attached hydrogens (tertiary/aromatic N) is 2. The van der Waals surface area contributed by atoms with Crippen molar-refractivity contribution in [2.45, 2.75) is 31.5 Å². The van der Waals surface area contributed by atoms with Gasteiger partial charge >= 0.3 is 0 Å². The maximum Gasteiger partial charge on any atom is 0.280 e. The number of fused-ring (bicyclic) bond motifs is 3. The minimum Gasteiger partial charge on any atom is -0.377 e. The van der Waals surface area contributed by atoms with E-state index in [2.05, 4.69) is 10.3 Å². The SMILES string of the molecule is Cc1ccc(NC(=O)c2ccnc(C(F)F)c2)cc1-c1ccc2c(c1)N1CCOC[C@H]1[C@](F)(CF)C2. The average molecular weight is 500 g/mol. The van der Waals surface area contributed by atoms with Gasteiger partial charge in [-0.3, -0.25) is 9.78 Å². The lowest BCUT2D eigenvalue weighted by Gasteiger charge is -2.48. The fraction of sp³-hybridized carbons (Fsp3) is 0.333. The van der Waals surface area contributed by atoms with E-state index < -0.39 is 36.4 Å². The average Bonchev–Trinajstić information content (AvgIpc) is 2.90. The van der Waals surface area contributed by atoms with E-state index in [-0.39, 0.29) is 18.6 Å². The molecule has 36 heavy (non-hydrogen) atoms. The van der Waals surface area contributed by atoms with Crippen LogP contribution in [0.25, 0.3) is 11.1 Å². The lowest BCUT2D eigenvalue weighted by atomic mass is 9.82. The molecule has 5 rings (SSSR count). The van der Waals surface area contributed by atoms with E-state index in [4.69, 9.17) is 4.74 Å². The molecular weight excluding hydrogens is 474 g/mol. The molecule has 0 spiro atoms. The van der Waals surface area contributed by atoms with Gasteiger partial charge in [0, 0.05) is 36.1 Å². The standard InChI is InChI=1S/C27H25F4N3O2/c1-16-2-5-20(33-26(35)18-6-7-32-22(10-18)25(29)30)12-21(16)17-3-4-19-13-27(31,15-28)24-14-36-9-8-34(24)23(19)11-17/h2-7,10-12,24-25H,8-9,13-15H2,1H3,(H,33,35)/t24-,27+/m0/s1. The van der Waals surface area contributed by atoms with Crippen LogP contribution in [0.2, 0.25) is 0 Å². The fourth-order valence-electron chi connectivity index (χ4n) is 4.96. The van der Waals surface area contributed by atoms with E-state index in [1.165, 1.54) is 12.3 Å². The predicted octanol–water partition coefficient (Wildman–Crippen LogP) is 5.69. The Morgan fingerprint density at radius 1 is 1.22 bits per heavy atom. The van der Waals surface area contributed by atoms with Crippen LogP contribution in [0.4, 0.5) is 28.9 Å². The van der Waals surface area contributed by atoms with Gasteiger partial charge in [0.2, 0.25) is 0 Å². The maximum atomic E-state index is 15.4. The van der Waals surface area contributed by atoms with E-state index in [1.807, 2.05) is 42.2 Å². The summed E-state index contributed by atoms with van der Waals surface area (Å²) in [6, 6.07) is 12.8. The molecule has 1 N–H and O–H groups in total. The second-order valence-electron chi connectivity index (χ2n) is 9.23. The third-order valence-electron chi connectivity index (χ3n) is 6.90. The number of morpholine rings is 1. The number of ether oxygens (including phenoxy) is 1. The van der Waals surface area contributed by atoms with Gasteiger partial charge in [0.1, 0.15) is 12.4 Å². The summed E-state index contributed by atoms with van der Waals surface area (Å²) in [7, 11) is 0. The lowest BCUT2D eigenvalue weighted by Crippen LogP contribution is -2.61. The molecule has 0 bridgehead atoms. The monoisotopic (exact) mass is 499 g/mol. The minimum absolute atomic E-state index is 0.0226. The van der Waals surface area contributed by atoms with Crippen molar-refractivity contribution in [3.63, 3.8) is 0 Å². The fourth-order valence-corrected chi connectivity index (χ4v) is 4.96. The van der Waals surface area contributed by atoms with Crippen molar-refractivity contribution >= 4 is 17.3 Å². The van der Waals surface area contributed by atoms with Gasteiger partial charge in [0.25, 0.3) is 12.3 Å². The molecule has 3 heterocycles. The number of amides is 1. The number of carbonyl (C=O) groups is 1. The van der Waals surface area contributed by atoms with Gasteiger partial charge in [-0.05, 0) is 59.5 Å². The zero-order chi connectivity index (χ0) is 25.4. The summed E-state index contributed by atoms with van der Waals surface area (Å²) in [5.74, 6) is -0.527. The summed E-state index contributed by atoms with van der Waals surface area (Å²) in [6.07, 6.45) is -1.62. The quantitative estimate of drug-likeness (QED) is 0.459. The molecule has 9 heteroatoms. The Labute approximate surface area is 206 Å². The number of aromatic nitrogens is 1. The van der Waals surface area contributed by atoms with Gasteiger partial charge in [0.15, 0.2) is 5.67 Å². The number of pyridine rings is 1. The minimum atomic E-state index is -2.77. The van der Waals surface area contributed by atoms with Gasteiger partial charge in [-0.25, -0.2) is 17.6 Å². The molecule has 2 aromatic carbocycles. The summed E-state index contributed by atoms with van der Waals surface area (Å²) in [5.41, 5.74) is 2.39. The number of hydrogen-bond donors (Lipinski definition) is 1. The van der Waals surface area contributed by atoms with Gasteiger partial charge in [-0.1, -0.05) is 18.2 Å². The van der Waals surface area contributed by atoms with Crippen molar-refractivity contribution in [3.05, 3.63) is 77.1 Å². The normalized spacial score (nSPS) is 21.2. The zero-order valence-electron chi connectivity index (χ0n) is 19.6. The number of nitrogens with one attached hydrogen (secondary N) is 1. The van der Waals surface area contributed by atoms with Gasteiger partial charge in [-0.2, -0.15) is 0 Å². The number of carbonyl (C=O) groups excluding carboxylic acids is 1. The highest BCUT2D eigenvalue weighted by atomic mass is 19.3. The smallest absolute Gasteiger partial charge is 0.280 e. The van der Waals surface area contributed by atoms with Crippen LogP contribution >= 0.6 is 0 Å². The van der Waals surface area contributed by atoms with Gasteiger partial charge in [0.05, 0.1) is 19.3 Å². The molecule has 2 aliphatic heterocycles. The van der Waals surface area contributed by atoms with E-state index >= 15 is 4.39 Å². The van der Waals surface area contributed by atoms with Crippen LogP contribution in [0.15, 0.2) is 54.7 Å². The molecule has 188 valence electrons. The van der Waals surface area contributed by atoms with Crippen molar-refractivity contribution in [1.29, 1.82) is 0 Å². The molecule has 0 radical (unpaired) electrons. The first-order valence-corrected chi connectivity index (χ1v) is 11.7. The number of halogens is 4. The summed E-state index contributed by atoms with van der Waals surface area (Å²) in [4.78, 5) is 18.2. The number of aryl methyl sites for hydroxylation is 1. The Hall–Kier alpha value is -3.46. The van der Waals surface area contributed by atoms with Crippen molar-refractivity contribution in [2.75, 3.05) is 36.6 Å². The van der Waals surface area contributed by atoms with Gasteiger partial charge < -0.3 is 15.0 Å². The van der Waals surface area contributed by atoms with E-state index in [9.17, 15) is 18.0 Å². The molecule has 0 aliphatic carbocycles. The number of hydrogen-bond acceptors (Lipinski definition) is 4. The van der Waals surface area contributed by atoms with Crippen LogP contribution in [0.5, 0.6) is 0 Å². The second-order valence-corrected chi connectivity index (χ2v) is 9.23. The van der Waals surface area contributed by atoms with Crippen molar-refractivity contribution in [1.82, 2.24) is 4.98 Å². The first-order chi connectivity index (χ1) is 17.3. The van der Waals surface area contributed by atoms with Crippen molar-refractivity contribution < 1.29 is 27.1 Å². The van der Waals surface area contributed by atoms with Crippen molar-refractivity contribution in [3.8, 4) is 11.1 Å².